The molecule has 3 aromatic carbocycles. The molecule has 1 aromatic heterocycles. The highest BCUT2D eigenvalue weighted by Crippen LogP contribution is 2.27. The number of para-hydroxylation sites is 1. The molecule has 0 unspecified atom stereocenters. The number of nitrogens with one attached hydrogen (secondary N) is 1. The van der Waals surface area contributed by atoms with Gasteiger partial charge in [-0.05, 0) is 41.8 Å². The number of carbonyl (C=O) groups is 2. The minimum absolute atomic E-state index is 0.0359. The number of fused-ring (bicyclic) bond motifs is 1. The van der Waals surface area contributed by atoms with E-state index < -0.39 is 0 Å². The van der Waals surface area contributed by atoms with Crippen molar-refractivity contribution in [3.05, 3.63) is 89.6 Å². The van der Waals surface area contributed by atoms with Crippen molar-refractivity contribution in [3.63, 3.8) is 0 Å². The van der Waals surface area contributed by atoms with Crippen molar-refractivity contribution in [1.29, 1.82) is 0 Å². The number of hydrogen-bond acceptors (Lipinski definition) is 3. The van der Waals surface area contributed by atoms with Gasteiger partial charge in [-0.25, -0.2) is 4.68 Å². The monoisotopic (exact) mass is 496 g/mol. The summed E-state index contributed by atoms with van der Waals surface area (Å²) in [6.45, 7) is 10.9. The van der Waals surface area contributed by atoms with Gasteiger partial charge in [-0.2, -0.15) is 5.10 Å². The van der Waals surface area contributed by atoms with Gasteiger partial charge in [-0.3, -0.25) is 9.59 Å². The van der Waals surface area contributed by atoms with Gasteiger partial charge < -0.3 is 10.2 Å². The molecule has 0 fully saturated rings. The van der Waals surface area contributed by atoms with Gasteiger partial charge in [0.1, 0.15) is 12.4 Å². The second kappa shape index (κ2) is 11.0. The summed E-state index contributed by atoms with van der Waals surface area (Å²) in [7, 11) is 0. The number of amides is 2. The second-order valence-electron chi connectivity index (χ2n) is 10.5. The fourth-order valence-electron chi connectivity index (χ4n) is 4.36. The molecule has 0 atom stereocenters. The van der Waals surface area contributed by atoms with Crippen LogP contribution in [0, 0.1) is 6.92 Å². The minimum atomic E-state index is -0.250. The van der Waals surface area contributed by atoms with Crippen LogP contribution in [0.2, 0.25) is 0 Å². The van der Waals surface area contributed by atoms with E-state index in [0.29, 0.717) is 17.9 Å². The summed E-state index contributed by atoms with van der Waals surface area (Å²) in [6.07, 6.45) is 1.75. The minimum Gasteiger partial charge on any atom is -0.329 e. The van der Waals surface area contributed by atoms with Gasteiger partial charge in [-0.1, -0.05) is 88.7 Å². The van der Waals surface area contributed by atoms with E-state index in [0.717, 1.165) is 40.6 Å². The van der Waals surface area contributed by atoms with Crippen molar-refractivity contribution >= 4 is 28.4 Å². The Morgan fingerprint density at radius 1 is 0.973 bits per heavy atom. The van der Waals surface area contributed by atoms with Gasteiger partial charge >= 0.3 is 0 Å². The van der Waals surface area contributed by atoms with Crippen LogP contribution in [0.25, 0.3) is 16.5 Å². The molecule has 0 saturated carbocycles. The first kappa shape index (κ1) is 26.1. The van der Waals surface area contributed by atoms with Crippen LogP contribution in [0.5, 0.6) is 0 Å². The van der Waals surface area contributed by atoms with E-state index in [4.69, 9.17) is 5.10 Å². The summed E-state index contributed by atoms with van der Waals surface area (Å²) < 4.78 is 1.79. The first-order chi connectivity index (χ1) is 17.7. The first-order valence-electron chi connectivity index (χ1n) is 12.9. The Balaban J connectivity index is 1.62. The van der Waals surface area contributed by atoms with Gasteiger partial charge in [0.15, 0.2) is 0 Å². The van der Waals surface area contributed by atoms with E-state index in [1.165, 1.54) is 0 Å². The standard InChI is InChI=1S/C31H36N4O2/c1-6-7-19-34(30(37)25-17-12-15-23-14-9-10-16-24(23)25)21-29(36)32-28-20-27(31(3,4)5)33-35(28)26-18-11-8-13-22(26)2/h8-18,20H,6-7,19,21H2,1-5H3,(H,32,36). The molecular formula is C31H36N4O2. The molecule has 6 heteroatoms. The molecule has 0 aliphatic heterocycles. The Kier molecular flexibility index (Phi) is 7.77. The Bertz CT molecular complexity index is 1410. The molecule has 1 heterocycles. The summed E-state index contributed by atoms with van der Waals surface area (Å²) >= 11 is 0. The molecule has 0 aliphatic rings. The maximum absolute atomic E-state index is 13.6. The Morgan fingerprint density at radius 3 is 2.41 bits per heavy atom. The highest BCUT2D eigenvalue weighted by molar-refractivity contribution is 6.08. The highest BCUT2D eigenvalue weighted by atomic mass is 16.2. The van der Waals surface area contributed by atoms with Gasteiger partial charge in [0.25, 0.3) is 5.91 Å². The molecule has 0 radical (unpaired) electrons. The van der Waals surface area contributed by atoms with E-state index >= 15 is 0 Å². The van der Waals surface area contributed by atoms with Crippen LogP contribution in [-0.2, 0) is 10.2 Å². The molecule has 0 saturated heterocycles. The van der Waals surface area contributed by atoms with Crippen molar-refractivity contribution in [1.82, 2.24) is 14.7 Å². The number of unbranched alkanes of at least 4 members (excludes halogenated alkanes) is 1. The smallest absolute Gasteiger partial charge is 0.254 e. The quantitative estimate of drug-likeness (QED) is 0.302. The zero-order valence-corrected chi connectivity index (χ0v) is 22.4. The number of nitrogens with zero attached hydrogens (tertiary/aromatic N) is 3. The summed E-state index contributed by atoms with van der Waals surface area (Å²) in [5.41, 5.74) is 3.26. The molecule has 4 rings (SSSR count). The lowest BCUT2D eigenvalue weighted by Crippen LogP contribution is -2.39. The molecule has 0 spiro atoms. The summed E-state index contributed by atoms with van der Waals surface area (Å²) in [4.78, 5) is 28.7. The second-order valence-corrected chi connectivity index (χ2v) is 10.5. The average Bonchev–Trinajstić information content (AvgIpc) is 3.30. The van der Waals surface area contributed by atoms with E-state index in [-0.39, 0.29) is 23.8 Å². The molecule has 1 N–H and O–H groups in total. The maximum Gasteiger partial charge on any atom is 0.254 e. The molecular weight excluding hydrogens is 460 g/mol. The Morgan fingerprint density at radius 2 is 1.68 bits per heavy atom. The number of carbonyl (C=O) groups excluding carboxylic acids is 2. The van der Waals surface area contributed by atoms with Crippen LogP contribution in [0.1, 0.15) is 62.2 Å². The summed E-state index contributed by atoms with van der Waals surface area (Å²) in [6, 6.07) is 23.4. The van der Waals surface area contributed by atoms with E-state index in [1.807, 2.05) is 79.7 Å². The van der Waals surface area contributed by atoms with E-state index in [1.54, 1.807) is 9.58 Å². The van der Waals surface area contributed by atoms with Gasteiger partial charge in [0.2, 0.25) is 5.91 Å². The third-order valence-corrected chi connectivity index (χ3v) is 6.51. The fourth-order valence-corrected chi connectivity index (χ4v) is 4.36. The van der Waals surface area contributed by atoms with E-state index in [9.17, 15) is 9.59 Å². The number of rotatable bonds is 8. The topological polar surface area (TPSA) is 67.2 Å². The lowest BCUT2D eigenvalue weighted by Gasteiger charge is -2.23. The third-order valence-electron chi connectivity index (χ3n) is 6.51. The average molecular weight is 497 g/mol. The van der Waals surface area contributed by atoms with Gasteiger partial charge in [0.05, 0.1) is 11.4 Å². The number of hydrogen-bond donors (Lipinski definition) is 1. The molecule has 0 bridgehead atoms. The van der Waals surface area contributed by atoms with Crippen LogP contribution in [-0.4, -0.2) is 39.6 Å². The maximum atomic E-state index is 13.6. The number of aryl methyl sites for hydroxylation is 1. The largest absolute Gasteiger partial charge is 0.329 e. The summed E-state index contributed by atoms with van der Waals surface area (Å²) in [5, 5.41) is 9.78. The van der Waals surface area contributed by atoms with Crippen molar-refractivity contribution in [2.45, 2.75) is 52.9 Å². The number of anilines is 1. The number of benzene rings is 3. The predicted molar refractivity (Wildman–Crippen MR) is 150 cm³/mol. The zero-order valence-electron chi connectivity index (χ0n) is 22.4. The fraction of sp³-hybridized carbons (Fsp3) is 0.323. The molecule has 0 aliphatic carbocycles. The lowest BCUT2D eigenvalue weighted by molar-refractivity contribution is -0.116. The van der Waals surface area contributed by atoms with Gasteiger partial charge in [0, 0.05) is 23.6 Å². The SMILES string of the molecule is CCCCN(CC(=O)Nc1cc(C(C)(C)C)nn1-c1ccccc1C)C(=O)c1cccc2ccccc12. The van der Waals surface area contributed by atoms with Crippen molar-refractivity contribution in [3.8, 4) is 5.69 Å². The van der Waals surface area contributed by atoms with Crippen LogP contribution in [0.4, 0.5) is 5.82 Å². The molecule has 37 heavy (non-hydrogen) atoms. The van der Waals surface area contributed by atoms with Crippen molar-refractivity contribution in [2.75, 3.05) is 18.4 Å². The predicted octanol–water partition coefficient (Wildman–Crippen LogP) is 6.51. The Hall–Kier alpha value is -3.93. The summed E-state index contributed by atoms with van der Waals surface area (Å²) in [5.74, 6) is 0.209. The van der Waals surface area contributed by atoms with Crippen molar-refractivity contribution in [2.24, 2.45) is 0 Å². The molecule has 192 valence electrons. The molecule has 2 amide bonds. The van der Waals surface area contributed by atoms with Crippen molar-refractivity contribution < 1.29 is 9.59 Å². The van der Waals surface area contributed by atoms with Crippen LogP contribution in [0.15, 0.2) is 72.8 Å². The zero-order chi connectivity index (χ0) is 26.6. The highest BCUT2D eigenvalue weighted by Gasteiger charge is 2.24. The first-order valence-corrected chi connectivity index (χ1v) is 12.9. The lowest BCUT2D eigenvalue weighted by atomic mass is 9.92. The molecule has 6 nitrogen and oxygen atoms in total. The van der Waals surface area contributed by atoms with Crippen LogP contribution < -0.4 is 5.32 Å². The van der Waals surface area contributed by atoms with Gasteiger partial charge in [-0.15, -0.1) is 0 Å². The number of aromatic nitrogens is 2. The van der Waals surface area contributed by atoms with E-state index in [2.05, 4.69) is 33.0 Å². The van der Waals surface area contributed by atoms with Crippen LogP contribution >= 0.6 is 0 Å². The Labute approximate surface area is 219 Å². The normalized spacial score (nSPS) is 11.5. The molecule has 4 aromatic rings. The van der Waals surface area contributed by atoms with Crippen LogP contribution in [0.3, 0.4) is 0 Å². The third kappa shape index (κ3) is 5.91.